The molecule has 4 nitrogen and oxygen atoms in total. The number of rotatable bonds is 3. The van der Waals surface area contributed by atoms with Gasteiger partial charge in [0.05, 0.1) is 11.4 Å². The lowest BCUT2D eigenvalue weighted by Crippen LogP contribution is -2.25. The van der Waals surface area contributed by atoms with E-state index in [1.54, 1.807) is 36.4 Å². The third-order valence-corrected chi connectivity index (χ3v) is 2.93. The molecule has 2 aromatic rings. The number of benzene rings is 2. The molecule has 0 unspecified atom stereocenters. The van der Waals surface area contributed by atoms with Crippen LogP contribution in [-0.4, -0.2) is 5.11 Å². The smallest absolute Gasteiger partial charge is 0.232 e. The van der Waals surface area contributed by atoms with E-state index in [4.69, 9.17) is 35.4 Å². The second-order valence-electron chi connectivity index (χ2n) is 3.74. The molecule has 2 aromatic carbocycles. The first-order valence-corrected chi connectivity index (χ1v) is 6.79. The number of hydrogen-bond acceptors (Lipinski definition) is 3. The predicted molar refractivity (Wildman–Crippen MR) is 86.8 cm³/mol. The van der Waals surface area contributed by atoms with Gasteiger partial charge in [-0.1, -0.05) is 23.2 Å². The first-order chi connectivity index (χ1) is 9.63. The standard InChI is InChI=1S/C13H10Cl2N4S/c14-9-1-5-11(6-2-9)16-18-13(20)19-17-12-7-3-10(15)4-8-12/h1-8,16H,(H,18,20). The van der Waals surface area contributed by atoms with Crippen LogP contribution in [0, 0.1) is 0 Å². The molecule has 0 fully saturated rings. The van der Waals surface area contributed by atoms with E-state index >= 15 is 0 Å². The second kappa shape index (κ2) is 7.19. The zero-order valence-corrected chi connectivity index (χ0v) is 12.5. The fraction of sp³-hybridized carbons (Fsp3) is 0. The molecule has 0 bridgehead atoms. The molecule has 0 saturated heterocycles. The van der Waals surface area contributed by atoms with Crippen LogP contribution in [0.4, 0.5) is 11.4 Å². The van der Waals surface area contributed by atoms with Crippen LogP contribution in [0.1, 0.15) is 0 Å². The van der Waals surface area contributed by atoms with Crippen molar-refractivity contribution in [3.63, 3.8) is 0 Å². The number of hydrogen-bond donors (Lipinski definition) is 2. The average Bonchev–Trinajstić information content (AvgIpc) is 2.46. The van der Waals surface area contributed by atoms with Crippen molar-refractivity contribution in [2.45, 2.75) is 0 Å². The van der Waals surface area contributed by atoms with Gasteiger partial charge in [-0.3, -0.25) is 10.9 Å². The Kier molecular flexibility index (Phi) is 5.29. The van der Waals surface area contributed by atoms with Crippen LogP contribution in [0.3, 0.4) is 0 Å². The van der Waals surface area contributed by atoms with Gasteiger partial charge in [0, 0.05) is 10.0 Å². The summed E-state index contributed by atoms with van der Waals surface area (Å²) in [6, 6.07) is 14.1. The highest BCUT2D eigenvalue weighted by atomic mass is 35.5. The van der Waals surface area contributed by atoms with E-state index in [-0.39, 0.29) is 5.11 Å². The summed E-state index contributed by atoms with van der Waals surface area (Å²) in [5, 5.41) is 9.38. The summed E-state index contributed by atoms with van der Waals surface area (Å²) in [5.41, 5.74) is 7.13. The third kappa shape index (κ3) is 4.77. The molecule has 0 aromatic heterocycles. The number of nitrogens with zero attached hydrogens (tertiary/aromatic N) is 2. The molecule has 0 radical (unpaired) electrons. The van der Waals surface area contributed by atoms with Crippen molar-refractivity contribution in [2.24, 2.45) is 10.2 Å². The Morgan fingerprint density at radius 1 is 0.900 bits per heavy atom. The van der Waals surface area contributed by atoms with Crippen molar-refractivity contribution in [3.8, 4) is 0 Å². The monoisotopic (exact) mass is 324 g/mol. The van der Waals surface area contributed by atoms with Gasteiger partial charge in [0.2, 0.25) is 5.11 Å². The Labute approximate surface area is 131 Å². The molecule has 0 aliphatic carbocycles. The molecule has 102 valence electrons. The van der Waals surface area contributed by atoms with Gasteiger partial charge in [0.25, 0.3) is 0 Å². The molecular weight excluding hydrogens is 315 g/mol. The van der Waals surface area contributed by atoms with Crippen LogP contribution in [-0.2, 0) is 0 Å². The number of thiocarbonyl (C=S) groups is 1. The van der Waals surface area contributed by atoms with Gasteiger partial charge in [-0.05, 0) is 60.7 Å². The molecule has 7 heteroatoms. The first-order valence-electron chi connectivity index (χ1n) is 5.62. The minimum atomic E-state index is 0.218. The molecule has 2 N–H and O–H groups in total. The Morgan fingerprint density at radius 2 is 1.45 bits per heavy atom. The van der Waals surface area contributed by atoms with Crippen LogP contribution < -0.4 is 10.9 Å². The van der Waals surface area contributed by atoms with Gasteiger partial charge >= 0.3 is 0 Å². The van der Waals surface area contributed by atoms with Crippen molar-refractivity contribution in [2.75, 3.05) is 5.43 Å². The molecule has 0 spiro atoms. The summed E-state index contributed by atoms with van der Waals surface area (Å²) in [4.78, 5) is 0. The van der Waals surface area contributed by atoms with E-state index in [1.165, 1.54) is 0 Å². The van der Waals surface area contributed by atoms with Crippen LogP contribution in [0.2, 0.25) is 10.0 Å². The number of halogens is 2. The highest BCUT2D eigenvalue weighted by molar-refractivity contribution is 7.80. The minimum Gasteiger partial charge on any atom is -0.299 e. The summed E-state index contributed by atoms with van der Waals surface area (Å²) in [6.45, 7) is 0. The van der Waals surface area contributed by atoms with E-state index in [0.29, 0.717) is 15.7 Å². The Morgan fingerprint density at radius 3 is 2.05 bits per heavy atom. The molecule has 0 amide bonds. The van der Waals surface area contributed by atoms with Gasteiger partial charge in [-0.2, -0.15) is 0 Å². The van der Waals surface area contributed by atoms with Gasteiger partial charge in [-0.25, -0.2) is 0 Å². The maximum Gasteiger partial charge on any atom is 0.232 e. The van der Waals surface area contributed by atoms with Crippen LogP contribution in [0.15, 0.2) is 58.8 Å². The summed E-state index contributed by atoms with van der Waals surface area (Å²) in [5.74, 6) is 0. The van der Waals surface area contributed by atoms with Crippen LogP contribution in [0.25, 0.3) is 0 Å². The van der Waals surface area contributed by atoms with E-state index in [2.05, 4.69) is 21.1 Å². The Hall–Kier alpha value is -1.69. The zero-order valence-electron chi connectivity index (χ0n) is 10.2. The molecular formula is C13H10Cl2N4S. The lowest BCUT2D eigenvalue weighted by atomic mass is 10.3. The molecule has 0 heterocycles. The predicted octanol–water partition coefficient (Wildman–Crippen LogP) is 4.98. The summed E-state index contributed by atoms with van der Waals surface area (Å²) < 4.78 is 0. The van der Waals surface area contributed by atoms with Crippen LogP contribution >= 0.6 is 35.4 Å². The van der Waals surface area contributed by atoms with Crippen molar-refractivity contribution in [3.05, 3.63) is 58.6 Å². The van der Waals surface area contributed by atoms with Crippen molar-refractivity contribution in [1.29, 1.82) is 0 Å². The maximum atomic E-state index is 5.79. The van der Waals surface area contributed by atoms with Crippen molar-refractivity contribution < 1.29 is 0 Å². The number of azo groups is 1. The fourth-order valence-corrected chi connectivity index (χ4v) is 1.64. The number of anilines is 1. The fourth-order valence-electron chi connectivity index (χ4n) is 1.29. The third-order valence-electron chi connectivity index (χ3n) is 2.24. The molecule has 0 aliphatic rings. The Balaban J connectivity index is 1.86. The van der Waals surface area contributed by atoms with Crippen molar-refractivity contribution in [1.82, 2.24) is 5.43 Å². The SMILES string of the molecule is S=C(N=Nc1ccc(Cl)cc1)NNc1ccc(Cl)cc1. The first kappa shape index (κ1) is 14.7. The summed E-state index contributed by atoms with van der Waals surface area (Å²) >= 11 is 16.6. The van der Waals surface area contributed by atoms with E-state index in [1.807, 2.05) is 12.1 Å². The van der Waals surface area contributed by atoms with Gasteiger partial charge in [0.1, 0.15) is 0 Å². The number of hydrazine groups is 1. The van der Waals surface area contributed by atoms with Crippen LogP contribution in [0.5, 0.6) is 0 Å². The van der Waals surface area contributed by atoms with E-state index in [9.17, 15) is 0 Å². The van der Waals surface area contributed by atoms with E-state index < -0.39 is 0 Å². The number of nitrogens with one attached hydrogen (secondary N) is 2. The minimum absolute atomic E-state index is 0.218. The zero-order chi connectivity index (χ0) is 14.4. The van der Waals surface area contributed by atoms with Gasteiger partial charge < -0.3 is 0 Å². The van der Waals surface area contributed by atoms with E-state index in [0.717, 1.165) is 5.69 Å². The average molecular weight is 325 g/mol. The topological polar surface area (TPSA) is 48.8 Å². The highest BCUT2D eigenvalue weighted by Crippen LogP contribution is 2.16. The summed E-state index contributed by atoms with van der Waals surface area (Å²) in [7, 11) is 0. The molecule has 20 heavy (non-hydrogen) atoms. The normalized spacial score (nSPS) is 10.5. The lowest BCUT2D eigenvalue weighted by molar-refractivity contribution is 1.10. The highest BCUT2D eigenvalue weighted by Gasteiger charge is 1.95. The molecule has 0 aliphatic heterocycles. The van der Waals surface area contributed by atoms with Gasteiger partial charge in [0.15, 0.2) is 0 Å². The molecule has 2 rings (SSSR count). The van der Waals surface area contributed by atoms with Crippen molar-refractivity contribution >= 4 is 51.9 Å². The second-order valence-corrected chi connectivity index (χ2v) is 5.00. The maximum absolute atomic E-state index is 5.79. The quantitative estimate of drug-likeness (QED) is 0.475. The lowest BCUT2D eigenvalue weighted by Gasteiger charge is -2.06. The molecule has 0 saturated carbocycles. The Bertz CT molecular complexity index is 611. The largest absolute Gasteiger partial charge is 0.299 e. The van der Waals surface area contributed by atoms with Gasteiger partial charge in [-0.15, -0.1) is 10.2 Å². The summed E-state index contributed by atoms with van der Waals surface area (Å²) in [6.07, 6.45) is 0. The molecule has 0 atom stereocenters.